The van der Waals surface area contributed by atoms with E-state index in [4.69, 9.17) is 11.6 Å². The van der Waals surface area contributed by atoms with Gasteiger partial charge in [0, 0.05) is 16.6 Å². The summed E-state index contributed by atoms with van der Waals surface area (Å²) in [6, 6.07) is 3.96. The van der Waals surface area contributed by atoms with E-state index in [9.17, 15) is 4.79 Å². The number of nitrogens with one attached hydrogen (secondary N) is 1. The number of carbonyl (C=O) groups is 1. The molecule has 0 saturated heterocycles. The molecule has 3 heteroatoms. The van der Waals surface area contributed by atoms with E-state index in [1.807, 2.05) is 19.1 Å². The molecule has 2 atom stereocenters. The summed E-state index contributed by atoms with van der Waals surface area (Å²) < 4.78 is 0. The standard InChI is InChI=1S/C11H10ClNO/c1-5-9(12)3-2-6-7-4-8(7)11(14)13-10(5)6/h2-3,7-8H,4H2,1H3,(H,13,14). The van der Waals surface area contributed by atoms with Crippen LogP contribution in [0.5, 0.6) is 0 Å². The van der Waals surface area contributed by atoms with Gasteiger partial charge in [-0.2, -0.15) is 0 Å². The van der Waals surface area contributed by atoms with Crippen LogP contribution in [0.1, 0.15) is 23.5 Å². The van der Waals surface area contributed by atoms with Gasteiger partial charge in [0.2, 0.25) is 5.91 Å². The van der Waals surface area contributed by atoms with Gasteiger partial charge in [0.1, 0.15) is 0 Å². The van der Waals surface area contributed by atoms with Crippen LogP contribution in [0.3, 0.4) is 0 Å². The number of amides is 1. The molecular weight excluding hydrogens is 198 g/mol. The van der Waals surface area contributed by atoms with Gasteiger partial charge in [-0.25, -0.2) is 0 Å². The normalized spacial score (nSPS) is 27.7. The lowest BCUT2D eigenvalue weighted by atomic mass is 9.99. The zero-order valence-electron chi connectivity index (χ0n) is 7.80. The Balaban J connectivity index is 2.21. The minimum absolute atomic E-state index is 0.160. The summed E-state index contributed by atoms with van der Waals surface area (Å²) in [5.41, 5.74) is 3.20. The third-order valence-corrected chi connectivity index (χ3v) is 3.62. The SMILES string of the molecule is Cc1c(Cl)ccc2c1NC(=O)C1CC21. The molecule has 1 heterocycles. The highest BCUT2D eigenvalue weighted by molar-refractivity contribution is 6.32. The average Bonchev–Trinajstić information content (AvgIpc) is 2.93. The molecule has 1 amide bonds. The molecule has 1 aromatic carbocycles. The summed E-state index contributed by atoms with van der Waals surface area (Å²) in [6.07, 6.45) is 1.000. The summed E-state index contributed by atoms with van der Waals surface area (Å²) >= 11 is 6.00. The Morgan fingerprint density at radius 3 is 3.00 bits per heavy atom. The van der Waals surface area contributed by atoms with E-state index in [1.165, 1.54) is 5.56 Å². The third kappa shape index (κ3) is 0.947. The van der Waals surface area contributed by atoms with E-state index in [0.29, 0.717) is 5.92 Å². The zero-order valence-corrected chi connectivity index (χ0v) is 8.56. The lowest BCUT2D eigenvalue weighted by molar-refractivity contribution is -0.117. The van der Waals surface area contributed by atoms with E-state index in [-0.39, 0.29) is 11.8 Å². The molecule has 2 nitrogen and oxygen atoms in total. The summed E-state index contributed by atoms with van der Waals surface area (Å²) in [4.78, 5) is 11.5. The predicted octanol–water partition coefficient (Wildman–Crippen LogP) is 2.70. The van der Waals surface area contributed by atoms with Crippen LogP contribution in [0.2, 0.25) is 5.02 Å². The molecule has 1 saturated carbocycles. The van der Waals surface area contributed by atoms with Gasteiger partial charge in [-0.3, -0.25) is 4.79 Å². The number of halogens is 1. The highest BCUT2D eigenvalue weighted by Gasteiger charge is 2.48. The van der Waals surface area contributed by atoms with Crippen molar-refractivity contribution in [1.29, 1.82) is 0 Å². The van der Waals surface area contributed by atoms with Crippen molar-refractivity contribution in [3.8, 4) is 0 Å². The molecule has 0 bridgehead atoms. The van der Waals surface area contributed by atoms with Gasteiger partial charge in [-0.1, -0.05) is 17.7 Å². The second kappa shape index (κ2) is 2.51. The van der Waals surface area contributed by atoms with Gasteiger partial charge in [-0.05, 0) is 36.5 Å². The average molecular weight is 208 g/mol. The Labute approximate surface area is 87.3 Å². The number of fused-ring (bicyclic) bond motifs is 3. The minimum Gasteiger partial charge on any atom is -0.325 e. The maximum Gasteiger partial charge on any atom is 0.228 e. The van der Waals surface area contributed by atoms with Gasteiger partial charge < -0.3 is 5.32 Å². The van der Waals surface area contributed by atoms with Crippen LogP contribution in [-0.2, 0) is 4.79 Å². The van der Waals surface area contributed by atoms with Gasteiger partial charge in [0.25, 0.3) is 0 Å². The molecule has 1 aromatic rings. The fraction of sp³-hybridized carbons (Fsp3) is 0.364. The van der Waals surface area contributed by atoms with E-state index in [0.717, 1.165) is 22.7 Å². The third-order valence-electron chi connectivity index (χ3n) is 3.21. The first-order valence-electron chi connectivity index (χ1n) is 4.78. The Hall–Kier alpha value is -1.02. The number of benzene rings is 1. The fourth-order valence-electron chi connectivity index (χ4n) is 2.23. The lowest BCUT2D eigenvalue weighted by Gasteiger charge is -2.18. The van der Waals surface area contributed by atoms with Crippen molar-refractivity contribution < 1.29 is 4.79 Å². The molecule has 1 fully saturated rings. The van der Waals surface area contributed by atoms with Gasteiger partial charge in [-0.15, -0.1) is 0 Å². The molecule has 0 radical (unpaired) electrons. The summed E-state index contributed by atoms with van der Waals surface area (Å²) in [5.74, 6) is 0.839. The van der Waals surface area contributed by atoms with Crippen molar-refractivity contribution in [3.63, 3.8) is 0 Å². The molecule has 2 unspecified atom stereocenters. The molecular formula is C11H10ClNO. The van der Waals surface area contributed by atoms with Crippen molar-refractivity contribution in [2.45, 2.75) is 19.3 Å². The molecule has 2 aliphatic rings. The van der Waals surface area contributed by atoms with Crippen molar-refractivity contribution in [1.82, 2.24) is 0 Å². The summed E-state index contributed by atoms with van der Waals surface area (Å²) in [7, 11) is 0. The molecule has 3 rings (SSSR count). The van der Waals surface area contributed by atoms with Crippen LogP contribution < -0.4 is 5.32 Å². The van der Waals surface area contributed by atoms with Gasteiger partial charge in [0.05, 0.1) is 0 Å². The first-order valence-corrected chi connectivity index (χ1v) is 5.16. The lowest BCUT2D eigenvalue weighted by Crippen LogP contribution is -2.20. The second-order valence-electron chi connectivity index (χ2n) is 4.07. The molecule has 1 N–H and O–H groups in total. The van der Waals surface area contributed by atoms with Gasteiger partial charge >= 0.3 is 0 Å². The highest BCUT2D eigenvalue weighted by Crippen LogP contribution is 2.54. The second-order valence-corrected chi connectivity index (χ2v) is 4.48. The van der Waals surface area contributed by atoms with Crippen LogP contribution in [0.25, 0.3) is 0 Å². The predicted molar refractivity (Wildman–Crippen MR) is 55.7 cm³/mol. The number of carbonyl (C=O) groups excluding carboxylic acids is 1. The van der Waals surface area contributed by atoms with E-state index in [1.54, 1.807) is 0 Å². The van der Waals surface area contributed by atoms with E-state index in [2.05, 4.69) is 5.32 Å². The molecule has 1 aliphatic carbocycles. The summed E-state index contributed by atoms with van der Waals surface area (Å²) in [5, 5.41) is 3.66. The maximum atomic E-state index is 11.5. The van der Waals surface area contributed by atoms with Crippen molar-refractivity contribution in [2.24, 2.45) is 5.92 Å². The highest BCUT2D eigenvalue weighted by atomic mass is 35.5. The number of hydrogen-bond donors (Lipinski definition) is 1. The van der Waals surface area contributed by atoms with Gasteiger partial charge in [0.15, 0.2) is 0 Å². The molecule has 1 aliphatic heterocycles. The Morgan fingerprint density at radius 1 is 1.43 bits per heavy atom. The van der Waals surface area contributed by atoms with Crippen LogP contribution in [0.15, 0.2) is 12.1 Å². The summed E-state index contributed by atoms with van der Waals surface area (Å²) in [6.45, 7) is 1.95. The maximum absolute atomic E-state index is 11.5. The van der Waals surface area contributed by atoms with E-state index >= 15 is 0 Å². The monoisotopic (exact) mass is 207 g/mol. The minimum atomic E-state index is 0.160. The zero-order chi connectivity index (χ0) is 9.87. The number of rotatable bonds is 0. The van der Waals surface area contributed by atoms with Crippen molar-refractivity contribution in [2.75, 3.05) is 5.32 Å². The smallest absolute Gasteiger partial charge is 0.228 e. The van der Waals surface area contributed by atoms with Crippen LogP contribution in [0, 0.1) is 12.8 Å². The van der Waals surface area contributed by atoms with Crippen molar-refractivity contribution >= 4 is 23.2 Å². The molecule has 0 spiro atoms. The van der Waals surface area contributed by atoms with Crippen LogP contribution >= 0.6 is 11.6 Å². The van der Waals surface area contributed by atoms with Crippen LogP contribution in [0.4, 0.5) is 5.69 Å². The largest absolute Gasteiger partial charge is 0.325 e. The number of hydrogen-bond acceptors (Lipinski definition) is 1. The first kappa shape index (κ1) is 8.30. The quantitative estimate of drug-likeness (QED) is 0.697. The molecule has 0 aromatic heterocycles. The molecule has 72 valence electrons. The fourth-order valence-corrected chi connectivity index (χ4v) is 2.38. The van der Waals surface area contributed by atoms with Crippen LogP contribution in [-0.4, -0.2) is 5.91 Å². The Bertz CT molecular complexity index is 441. The topological polar surface area (TPSA) is 29.1 Å². The van der Waals surface area contributed by atoms with Crippen molar-refractivity contribution in [3.05, 3.63) is 28.3 Å². The number of anilines is 1. The molecule has 14 heavy (non-hydrogen) atoms. The Kier molecular flexibility index (Phi) is 1.49. The Morgan fingerprint density at radius 2 is 2.21 bits per heavy atom. The van der Waals surface area contributed by atoms with E-state index < -0.39 is 0 Å². The first-order chi connectivity index (χ1) is 6.68.